The summed E-state index contributed by atoms with van der Waals surface area (Å²) in [6.07, 6.45) is 2.01. The summed E-state index contributed by atoms with van der Waals surface area (Å²) in [5.41, 5.74) is 1.04. The zero-order valence-electron chi connectivity index (χ0n) is 11.3. The highest BCUT2D eigenvalue weighted by Crippen LogP contribution is 2.26. The van der Waals surface area contributed by atoms with Crippen LogP contribution in [-0.2, 0) is 11.3 Å². The van der Waals surface area contributed by atoms with E-state index in [0.29, 0.717) is 6.54 Å². The Labute approximate surface area is 111 Å². The van der Waals surface area contributed by atoms with Crippen LogP contribution in [0.1, 0.15) is 42.0 Å². The monoisotopic (exact) mass is 268 g/mol. The molecular weight excluding hydrogens is 248 g/mol. The number of aliphatic hydroxyl groups is 1. The molecule has 2 rings (SSSR count). The number of methoxy groups -OCH3 is 1. The topological polar surface area (TPSA) is 89.3 Å². The smallest absolute Gasteiger partial charge is 0.360 e. The van der Waals surface area contributed by atoms with Gasteiger partial charge in [0, 0.05) is 13.2 Å². The lowest BCUT2D eigenvalue weighted by molar-refractivity contribution is 0.0591. The molecule has 1 aromatic heterocycles. The van der Waals surface area contributed by atoms with Crippen LogP contribution < -0.4 is 5.32 Å². The highest BCUT2D eigenvalue weighted by atomic mass is 16.5. The second-order valence-electron chi connectivity index (χ2n) is 4.93. The van der Waals surface area contributed by atoms with E-state index >= 15 is 0 Å². The van der Waals surface area contributed by atoms with Gasteiger partial charge in [-0.2, -0.15) is 0 Å². The maximum atomic E-state index is 11.7. The third-order valence-electron chi connectivity index (χ3n) is 3.34. The number of carbonyl (C=O) groups excluding carboxylic acids is 1. The number of aromatic nitrogens is 3. The summed E-state index contributed by atoms with van der Waals surface area (Å²) in [4.78, 5) is 11.7. The van der Waals surface area contributed by atoms with Crippen molar-refractivity contribution in [1.29, 1.82) is 0 Å². The molecule has 0 spiro atoms. The van der Waals surface area contributed by atoms with E-state index in [2.05, 4.69) is 15.6 Å². The first-order chi connectivity index (χ1) is 9.17. The van der Waals surface area contributed by atoms with Gasteiger partial charge in [0.15, 0.2) is 5.69 Å². The molecule has 0 saturated carbocycles. The molecule has 2 N–H and O–H groups in total. The molecule has 1 fully saturated rings. The van der Waals surface area contributed by atoms with Crippen LogP contribution in [0.5, 0.6) is 0 Å². The summed E-state index contributed by atoms with van der Waals surface area (Å²) in [5, 5.41) is 20.5. The van der Waals surface area contributed by atoms with Crippen molar-refractivity contribution >= 4 is 5.97 Å². The van der Waals surface area contributed by atoms with Crippen molar-refractivity contribution in [3.8, 4) is 0 Å². The number of hydrogen-bond donors (Lipinski definition) is 2. The Kier molecular flexibility index (Phi) is 4.49. The van der Waals surface area contributed by atoms with Crippen LogP contribution in [-0.4, -0.2) is 46.3 Å². The first-order valence-electron chi connectivity index (χ1n) is 6.53. The fourth-order valence-electron chi connectivity index (χ4n) is 2.31. The summed E-state index contributed by atoms with van der Waals surface area (Å²) < 4.78 is 6.45. The Morgan fingerprint density at radius 2 is 2.47 bits per heavy atom. The number of nitrogens with zero attached hydrogens (tertiary/aromatic N) is 3. The molecule has 1 saturated heterocycles. The fraction of sp³-hybridized carbons (Fsp3) is 0.750. The SMILES string of the molecule is COC(=O)c1nnn(CC(C)CO)c1C1CCCN1. The van der Waals surface area contributed by atoms with Crippen LogP contribution >= 0.6 is 0 Å². The molecule has 106 valence electrons. The highest BCUT2D eigenvalue weighted by molar-refractivity contribution is 5.88. The molecule has 2 atom stereocenters. The maximum Gasteiger partial charge on any atom is 0.360 e. The van der Waals surface area contributed by atoms with Gasteiger partial charge in [-0.25, -0.2) is 9.48 Å². The quantitative estimate of drug-likeness (QED) is 0.737. The Morgan fingerprint density at radius 1 is 1.68 bits per heavy atom. The lowest BCUT2D eigenvalue weighted by Crippen LogP contribution is -2.23. The predicted molar refractivity (Wildman–Crippen MR) is 67.6 cm³/mol. The van der Waals surface area contributed by atoms with E-state index in [0.717, 1.165) is 25.1 Å². The van der Waals surface area contributed by atoms with Crippen molar-refractivity contribution in [2.45, 2.75) is 32.4 Å². The van der Waals surface area contributed by atoms with Crippen molar-refractivity contribution in [2.75, 3.05) is 20.3 Å². The second kappa shape index (κ2) is 6.12. The minimum atomic E-state index is -0.466. The predicted octanol–water partition coefficient (Wildman–Crippen LogP) is 0.118. The van der Waals surface area contributed by atoms with Gasteiger partial charge in [0.1, 0.15) is 0 Å². The minimum absolute atomic E-state index is 0.0624. The zero-order chi connectivity index (χ0) is 13.8. The van der Waals surface area contributed by atoms with E-state index in [9.17, 15) is 4.79 Å². The lowest BCUT2D eigenvalue weighted by Gasteiger charge is -2.15. The minimum Gasteiger partial charge on any atom is -0.464 e. The van der Waals surface area contributed by atoms with Crippen LogP contribution in [0.2, 0.25) is 0 Å². The first kappa shape index (κ1) is 14.0. The number of carbonyl (C=O) groups is 1. The van der Waals surface area contributed by atoms with Gasteiger partial charge in [0.25, 0.3) is 0 Å². The van der Waals surface area contributed by atoms with E-state index < -0.39 is 5.97 Å². The molecule has 0 aromatic carbocycles. The maximum absolute atomic E-state index is 11.7. The third kappa shape index (κ3) is 2.93. The van der Waals surface area contributed by atoms with Gasteiger partial charge >= 0.3 is 5.97 Å². The highest BCUT2D eigenvalue weighted by Gasteiger charge is 2.29. The third-order valence-corrected chi connectivity index (χ3v) is 3.34. The van der Waals surface area contributed by atoms with Gasteiger partial charge in [-0.3, -0.25) is 0 Å². The Hall–Kier alpha value is -1.47. The molecule has 0 amide bonds. The number of ether oxygens (including phenoxy) is 1. The first-order valence-corrected chi connectivity index (χ1v) is 6.53. The summed E-state index contributed by atoms with van der Waals surface area (Å²) >= 11 is 0. The van der Waals surface area contributed by atoms with E-state index in [1.54, 1.807) is 4.68 Å². The largest absolute Gasteiger partial charge is 0.464 e. The van der Waals surface area contributed by atoms with Crippen LogP contribution in [0.4, 0.5) is 0 Å². The molecule has 1 aliphatic heterocycles. The van der Waals surface area contributed by atoms with E-state index in [4.69, 9.17) is 9.84 Å². The van der Waals surface area contributed by atoms with Crippen LogP contribution in [0.3, 0.4) is 0 Å². The average Bonchev–Trinajstić information content (AvgIpc) is 3.06. The summed E-state index contributed by atoms with van der Waals surface area (Å²) in [6.45, 7) is 3.45. The average molecular weight is 268 g/mol. The van der Waals surface area contributed by atoms with Gasteiger partial charge in [-0.15, -0.1) is 5.10 Å². The van der Waals surface area contributed by atoms with Gasteiger partial charge < -0.3 is 15.2 Å². The van der Waals surface area contributed by atoms with Crippen LogP contribution in [0.15, 0.2) is 0 Å². The van der Waals surface area contributed by atoms with Crippen molar-refractivity contribution in [3.05, 3.63) is 11.4 Å². The van der Waals surface area contributed by atoms with Crippen molar-refractivity contribution in [3.63, 3.8) is 0 Å². The van der Waals surface area contributed by atoms with Crippen LogP contribution in [0, 0.1) is 5.92 Å². The molecule has 2 heterocycles. The van der Waals surface area contributed by atoms with E-state index in [1.165, 1.54) is 7.11 Å². The van der Waals surface area contributed by atoms with E-state index in [1.807, 2.05) is 6.92 Å². The molecule has 1 aliphatic rings. The number of esters is 1. The summed E-state index contributed by atoms with van der Waals surface area (Å²) in [7, 11) is 1.34. The van der Waals surface area contributed by atoms with Gasteiger partial charge in [-0.05, 0) is 25.3 Å². The molecule has 0 bridgehead atoms. The number of nitrogens with one attached hydrogen (secondary N) is 1. The number of aliphatic hydroxyl groups excluding tert-OH is 1. The molecular formula is C12H20N4O3. The molecule has 1 aromatic rings. The van der Waals surface area contributed by atoms with Gasteiger partial charge in [0.2, 0.25) is 0 Å². The molecule has 0 aliphatic carbocycles. The molecule has 0 radical (unpaired) electrons. The van der Waals surface area contributed by atoms with E-state index in [-0.39, 0.29) is 24.3 Å². The summed E-state index contributed by atoms with van der Waals surface area (Å²) in [5.74, 6) is -0.404. The van der Waals surface area contributed by atoms with Crippen LogP contribution in [0.25, 0.3) is 0 Å². The fourth-order valence-corrected chi connectivity index (χ4v) is 2.31. The Bertz CT molecular complexity index is 440. The Balaban J connectivity index is 2.31. The second-order valence-corrected chi connectivity index (χ2v) is 4.93. The summed E-state index contributed by atoms with van der Waals surface area (Å²) in [6, 6.07) is 0.0787. The standard InChI is InChI=1S/C12H20N4O3/c1-8(7-17)6-16-11(9-4-3-5-13-9)10(14-15-16)12(18)19-2/h8-9,13,17H,3-7H2,1-2H3. The molecule has 7 heteroatoms. The molecule has 2 unspecified atom stereocenters. The normalized spacial score (nSPS) is 20.5. The van der Waals surface area contributed by atoms with Gasteiger partial charge in [0.05, 0.1) is 18.8 Å². The Morgan fingerprint density at radius 3 is 3.05 bits per heavy atom. The number of hydrogen-bond acceptors (Lipinski definition) is 6. The number of rotatable bonds is 5. The lowest BCUT2D eigenvalue weighted by atomic mass is 10.1. The molecule has 7 nitrogen and oxygen atoms in total. The van der Waals surface area contributed by atoms with Crippen molar-refractivity contribution in [2.24, 2.45) is 5.92 Å². The van der Waals surface area contributed by atoms with Crippen molar-refractivity contribution < 1.29 is 14.6 Å². The van der Waals surface area contributed by atoms with Gasteiger partial charge in [-0.1, -0.05) is 12.1 Å². The zero-order valence-corrected chi connectivity index (χ0v) is 11.3. The van der Waals surface area contributed by atoms with Crippen molar-refractivity contribution in [1.82, 2.24) is 20.3 Å². The molecule has 19 heavy (non-hydrogen) atoms.